The average molecular weight is 440 g/mol. The predicted molar refractivity (Wildman–Crippen MR) is 117 cm³/mol. The number of sulfonamides is 1. The summed E-state index contributed by atoms with van der Waals surface area (Å²) in [6.07, 6.45) is 0.630. The molecule has 1 atom stereocenters. The number of hydrogen-bond acceptors (Lipinski definition) is 5. The summed E-state index contributed by atoms with van der Waals surface area (Å²) in [7, 11) is -3.63. The van der Waals surface area contributed by atoms with E-state index in [4.69, 9.17) is 5.26 Å². The van der Waals surface area contributed by atoms with E-state index in [0.717, 1.165) is 10.4 Å². The molecule has 0 radical (unpaired) electrons. The van der Waals surface area contributed by atoms with Crippen LogP contribution < -0.4 is 10.0 Å². The predicted octanol–water partition coefficient (Wildman–Crippen LogP) is 3.63. The zero-order chi connectivity index (χ0) is 21.6. The van der Waals surface area contributed by atoms with Gasteiger partial charge in [0.1, 0.15) is 0 Å². The maximum absolute atomic E-state index is 12.5. The summed E-state index contributed by atoms with van der Waals surface area (Å²) < 4.78 is 27.4. The van der Waals surface area contributed by atoms with Crippen LogP contribution in [-0.2, 0) is 16.4 Å². The van der Waals surface area contributed by atoms with Crippen LogP contribution in [0.5, 0.6) is 0 Å². The molecule has 1 heterocycles. The molecule has 0 saturated carbocycles. The molecule has 0 bridgehead atoms. The molecule has 30 heavy (non-hydrogen) atoms. The Labute approximate surface area is 180 Å². The number of nitrogens with zero attached hydrogens (tertiary/aromatic N) is 1. The van der Waals surface area contributed by atoms with Crippen LogP contribution in [0.15, 0.2) is 70.9 Å². The highest BCUT2D eigenvalue weighted by molar-refractivity contribution is 7.89. The number of carbonyl (C=O) groups excluding carboxylic acids is 1. The lowest BCUT2D eigenvalue weighted by molar-refractivity contribution is 0.0940. The van der Waals surface area contributed by atoms with Crippen LogP contribution >= 0.6 is 11.3 Å². The third-order valence-corrected chi connectivity index (χ3v) is 6.97. The van der Waals surface area contributed by atoms with Crippen LogP contribution in [0, 0.1) is 11.3 Å². The Morgan fingerprint density at radius 1 is 1.10 bits per heavy atom. The maximum atomic E-state index is 12.5. The molecule has 1 amide bonds. The summed E-state index contributed by atoms with van der Waals surface area (Å²) in [5.41, 5.74) is 1.79. The average Bonchev–Trinajstić information content (AvgIpc) is 3.27. The fourth-order valence-electron chi connectivity index (χ4n) is 2.84. The molecule has 2 N–H and O–H groups in total. The third-order valence-electron chi connectivity index (χ3n) is 4.56. The van der Waals surface area contributed by atoms with Gasteiger partial charge in [0, 0.05) is 17.0 Å². The number of nitrogens with one attached hydrogen (secondary N) is 2. The smallest absolute Gasteiger partial charge is 0.251 e. The van der Waals surface area contributed by atoms with Crippen molar-refractivity contribution in [2.45, 2.75) is 24.3 Å². The minimum Gasteiger partial charge on any atom is -0.346 e. The Kier molecular flexibility index (Phi) is 7.00. The van der Waals surface area contributed by atoms with Crippen LogP contribution in [0.2, 0.25) is 0 Å². The number of nitriles is 1. The van der Waals surface area contributed by atoms with E-state index in [0.29, 0.717) is 24.1 Å². The molecule has 8 heteroatoms. The van der Waals surface area contributed by atoms with Gasteiger partial charge in [0.2, 0.25) is 10.0 Å². The fraction of sp³-hybridized carbons (Fsp3) is 0.182. The number of hydrogen-bond donors (Lipinski definition) is 2. The molecular formula is C22H21N3O3S2. The van der Waals surface area contributed by atoms with E-state index in [9.17, 15) is 13.2 Å². The Morgan fingerprint density at radius 2 is 1.80 bits per heavy atom. The Balaban J connectivity index is 1.59. The highest BCUT2D eigenvalue weighted by Gasteiger charge is 2.16. The first-order valence-electron chi connectivity index (χ1n) is 9.32. The Morgan fingerprint density at radius 3 is 2.40 bits per heavy atom. The van der Waals surface area contributed by atoms with Gasteiger partial charge in [-0.25, -0.2) is 13.1 Å². The Hall–Kier alpha value is -2.99. The van der Waals surface area contributed by atoms with Crippen LogP contribution in [0.25, 0.3) is 0 Å². The van der Waals surface area contributed by atoms with E-state index < -0.39 is 10.0 Å². The normalized spacial score (nSPS) is 12.1. The molecule has 6 nitrogen and oxygen atoms in total. The van der Waals surface area contributed by atoms with Gasteiger partial charge in [-0.15, -0.1) is 11.3 Å². The summed E-state index contributed by atoms with van der Waals surface area (Å²) in [6, 6.07) is 18.5. The van der Waals surface area contributed by atoms with Gasteiger partial charge in [-0.05, 0) is 66.8 Å². The second-order valence-electron chi connectivity index (χ2n) is 6.68. The first-order chi connectivity index (χ1) is 14.4. The third kappa shape index (κ3) is 5.54. The summed E-state index contributed by atoms with van der Waals surface area (Å²) in [6.45, 7) is 2.16. The first kappa shape index (κ1) is 21.7. The largest absolute Gasteiger partial charge is 0.346 e. The van der Waals surface area contributed by atoms with Gasteiger partial charge < -0.3 is 5.32 Å². The minimum absolute atomic E-state index is 0.116. The standard InChI is InChI=1S/C22H21N3O3S2/c1-16(18-6-4-17(15-23)5-7-18)25-22(26)19-8-10-21(11-9-19)30(27,28)24-13-12-20-3-2-14-29-20/h2-11,14,16,24H,12-13H2,1H3,(H,25,26). The van der Waals surface area contributed by atoms with Gasteiger partial charge in [0.15, 0.2) is 0 Å². The molecule has 1 aromatic heterocycles. The molecule has 0 fully saturated rings. The number of benzene rings is 2. The van der Waals surface area contributed by atoms with E-state index >= 15 is 0 Å². The van der Waals surface area contributed by atoms with Crippen LogP contribution in [-0.4, -0.2) is 20.9 Å². The molecule has 3 rings (SSSR count). The number of carbonyl (C=O) groups is 1. The van der Waals surface area contributed by atoms with Gasteiger partial charge in [-0.1, -0.05) is 18.2 Å². The fourth-order valence-corrected chi connectivity index (χ4v) is 4.58. The summed E-state index contributed by atoms with van der Waals surface area (Å²) in [5, 5.41) is 13.7. The van der Waals surface area contributed by atoms with Gasteiger partial charge in [-0.2, -0.15) is 5.26 Å². The summed E-state index contributed by atoms with van der Waals surface area (Å²) in [5.74, 6) is -0.304. The van der Waals surface area contributed by atoms with E-state index in [1.807, 2.05) is 24.4 Å². The highest BCUT2D eigenvalue weighted by atomic mass is 32.2. The van der Waals surface area contributed by atoms with Gasteiger partial charge in [0.05, 0.1) is 22.6 Å². The van der Waals surface area contributed by atoms with Crippen molar-refractivity contribution in [3.05, 3.63) is 87.6 Å². The van der Waals surface area contributed by atoms with Crippen LogP contribution in [0.3, 0.4) is 0 Å². The van der Waals surface area contributed by atoms with E-state index in [-0.39, 0.29) is 16.8 Å². The molecule has 3 aromatic rings. The van der Waals surface area contributed by atoms with E-state index in [1.165, 1.54) is 24.3 Å². The molecule has 1 unspecified atom stereocenters. The topological polar surface area (TPSA) is 99.1 Å². The molecule has 0 aliphatic carbocycles. The van der Waals surface area contributed by atoms with Crippen molar-refractivity contribution < 1.29 is 13.2 Å². The van der Waals surface area contributed by atoms with Crippen LogP contribution in [0.4, 0.5) is 0 Å². The summed E-state index contributed by atoms with van der Waals surface area (Å²) in [4.78, 5) is 13.7. The van der Waals surface area contributed by atoms with Gasteiger partial charge >= 0.3 is 0 Å². The maximum Gasteiger partial charge on any atom is 0.251 e. The minimum atomic E-state index is -3.63. The quantitative estimate of drug-likeness (QED) is 0.560. The lowest BCUT2D eigenvalue weighted by atomic mass is 10.1. The lowest BCUT2D eigenvalue weighted by Crippen LogP contribution is -2.27. The number of amides is 1. The van der Waals surface area contributed by atoms with Crippen molar-refractivity contribution in [3.8, 4) is 6.07 Å². The van der Waals surface area contributed by atoms with Crippen molar-refractivity contribution in [2.24, 2.45) is 0 Å². The molecular weight excluding hydrogens is 418 g/mol. The molecule has 0 aliphatic rings. The van der Waals surface area contributed by atoms with Crippen molar-refractivity contribution in [1.29, 1.82) is 5.26 Å². The monoisotopic (exact) mass is 439 g/mol. The molecule has 0 spiro atoms. The van der Waals surface area contributed by atoms with Crippen LogP contribution in [0.1, 0.15) is 39.3 Å². The van der Waals surface area contributed by atoms with Crippen molar-refractivity contribution in [3.63, 3.8) is 0 Å². The lowest BCUT2D eigenvalue weighted by Gasteiger charge is -2.15. The van der Waals surface area contributed by atoms with Crippen molar-refractivity contribution in [2.75, 3.05) is 6.54 Å². The number of rotatable bonds is 8. The SMILES string of the molecule is CC(NC(=O)c1ccc(S(=O)(=O)NCCc2cccs2)cc1)c1ccc(C#N)cc1. The molecule has 2 aromatic carbocycles. The van der Waals surface area contributed by atoms with E-state index in [1.54, 1.807) is 35.6 Å². The van der Waals surface area contributed by atoms with E-state index in [2.05, 4.69) is 16.1 Å². The molecule has 0 aliphatic heterocycles. The number of thiophene rings is 1. The summed E-state index contributed by atoms with van der Waals surface area (Å²) >= 11 is 1.59. The van der Waals surface area contributed by atoms with Gasteiger partial charge in [0.25, 0.3) is 5.91 Å². The first-order valence-corrected chi connectivity index (χ1v) is 11.7. The van der Waals surface area contributed by atoms with Crippen molar-refractivity contribution >= 4 is 27.3 Å². The second kappa shape index (κ2) is 9.67. The zero-order valence-electron chi connectivity index (χ0n) is 16.3. The molecule has 0 saturated heterocycles. The van der Waals surface area contributed by atoms with Crippen molar-refractivity contribution in [1.82, 2.24) is 10.0 Å². The second-order valence-corrected chi connectivity index (χ2v) is 9.48. The Bertz CT molecular complexity index is 1130. The highest BCUT2D eigenvalue weighted by Crippen LogP contribution is 2.16. The zero-order valence-corrected chi connectivity index (χ0v) is 18.0. The molecule has 154 valence electrons. The van der Waals surface area contributed by atoms with Gasteiger partial charge in [-0.3, -0.25) is 4.79 Å².